The molecule has 0 aromatic carbocycles. The fourth-order valence-electron chi connectivity index (χ4n) is 2.54. The number of nitrogens with one attached hydrogen (secondary N) is 1. The molecule has 1 atom stereocenters. The van der Waals surface area contributed by atoms with E-state index in [0.717, 1.165) is 30.9 Å². The highest BCUT2D eigenvalue weighted by atomic mass is 32.1. The van der Waals surface area contributed by atoms with Crippen molar-refractivity contribution in [2.24, 2.45) is 0 Å². The maximum absolute atomic E-state index is 12.5. The largest absolute Gasteiger partial charge is 0.337 e. The van der Waals surface area contributed by atoms with Crippen LogP contribution in [-0.4, -0.2) is 36.5 Å². The van der Waals surface area contributed by atoms with Crippen molar-refractivity contribution in [1.29, 1.82) is 0 Å². The summed E-state index contributed by atoms with van der Waals surface area (Å²) >= 11 is 1.64. The number of likely N-dealkylation sites (N-methyl/N-ethyl adjacent to an activating group) is 1. The summed E-state index contributed by atoms with van der Waals surface area (Å²) in [4.78, 5) is 16.6. The van der Waals surface area contributed by atoms with Gasteiger partial charge in [0.2, 0.25) is 0 Å². The van der Waals surface area contributed by atoms with Gasteiger partial charge in [-0.05, 0) is 44.9 Å². The lowest BCUT2D eigenvalue weighted by molar-refractivity contribution is 0.0746. The molecule has 4 heteroatoms. The van der Waals surface area contributed by atoms with Gasteiger partial charge in [0.05, 0.1) is 4.88 Å². The second kappa shape index (κ2) is 7.06. The molecule has 1 aliphatic rings. The lowest BCUT2D eigenvalue weighted by Crippen LogP contribution is -2.45. The number of amides is 1. The Hall–Kier alpha value is -0.870. The summed E-state index contributed by atoms with van der Waals surface area (Å²) in [6.07, 6.45) is 4.74. The van der Waals surface area contributed by atoms with Crippen molar-refractivity contribution < 1.29 is 4.79 Å². The van der Waals surface area contributed by atoms with Gasteiger partial charge in [-0.25, -0.2) is 0 Å². The Balaban J connectivity index is 1.97. The fraction of sp³-hybridized carbons (Fsp3) is 0.667. The number of aryl methyl sites for hydroxylation is 1. The monoisotopic (exact) mass is 280 g/mol. The van der Waals surface area contributed by atoms with E-state index in [9.17, 15) is 4.79 Å². The van der Waals surface area contributed by atoms with E-state index < -0.39 is 0 Å². The molecule has 1 aromatic rings. The number of hydrogen-bond donors (Lipinski definition) is 1. The third-order valence-corrected chi connectivity index (χ3v) is 4.96. The molecule has 1 amide bonds. The van der Waals surface area contributed by atoms with Crippen molar-refractivity contribution in [3.8, 4) is 0 Å². The summed E-state index contributed by atoms with van der Waals surface area (Å²) in [5.74, 6) is 0.194. The minimum Gasteiger partial charge on any atom is -0.337 e. The lowest BCUT2D eigenvalue weighted by Gasteiger charge is -2.29. The van der Waals surface area contributed by atoms with Crippen LogP contribution in [0.4, 0.5) is 0 Å². The molecule has 2 heterocycles. The van der Waals surface area contributed by atoms with Crippen molar-refractivity contribution in [2.75, 3.05) is 19.6 Å². The van der Waals surface area contributed by atoms with Crippen LogP contribution in [0.25, 0.3) is 0 Å². The first-order chi connectivity index (χ1) is 9.24. The van der Waals surface area contributed by atoms with Crippen LogP contribution in [0, 0.1) is 0 Å². The Bertz CT molecular complexity index is 410. The standard InChI is InChI=1S/C15H24N2OS/c1-3-13-8-9-14(19-13)15(18)17(4-2)11-12-7-5-6-10-16-12/h8-9,12,16H,3-7,10-11H2,1-2H3. The predicted molar refractivity (Wildman–Crippen MR) is 80.9 cm³/mol. The van der Waals surface area contributed by atoms with Gasteiger partial charge in [0.25, 0.3) is 5.91 Å². The maximum Gasteiger partial charge on any atom is 0.263 e. The van der Waals surface area contributed by atoms with E-state index in [0.29, 0.717) is 6.04 Å². The zero-order chi connectivity index (χ0) is 13.7. The molecule has 1 aromatic heterocycles. The molecule has 1 aliphatic heterocycles. The molecule has 1 N–H and O–H groups in total. The first-order valence-electron chi connectivity index (χ1n) is 7.36. The van der Waals surface area contributed by atoms with Gasteiger partial charge in [0.1, 0.15) is 0 Å². The number of hydrogen-bond acceptors (Lipinski definition) is 3. The minimum atomic E-state index is 0.194. The molecule has 1 saturated heterocycles. The molecule has 1 unspecified atom stereocenters. The van der Waals surface area contributed by atoms with E-state index in [4.69, 9.17) is 0 Å². The minimum absolute atomic E-state index is 0.194. The van der Waals surface area contributed by atoms with Gasteiger partial charge in [0.15, 0.2) is 0 Å². The van der Waals surface area contributed by atoms with Crippen LogP contribution in [0.15, 0.2) is 12.1 Å². The third-order valence-electron chi connectivity index (χ3n) is 3.74. The summed E-state index contributed by atoms with van der Waals surface area (Å²) in [5, 5.41) is 3.52. The van der Waals surface area contributed by atoms with Crippen LogP contribution in [-0.2, 0) is 6.42 Å². The van der Waals surface area contributed by atoms with E-state index in [1.54, 1.807) is 11.3 Å². The van der Waals surface area contributed by atoms with E-state index in [1.165, 1.54) is 24.1 Å². The molecule has 106 valence electrons. The number of nitrogens with zero attached hydrogens (tertiary/aromatic N) is 1. The number of rotatable bonds is 5. The summed E-state index contributed by atoms with van der Waals surface area (Å²) in [6.45, 7) is 6.92. The van der Waals surface area contributed by atoms with Crippen LogP contribution in [0.5, 0.6) is 0 Å². The second-order valence-corrected chi connectivity index (χ2v) is 6.28. The maximum atomic E-state index is 12.5. The topological polar surface area (TPSA) is 32.3 Å². The number of thiophene rings is 1. The van der Waals surface area contributed by atoms with Gasteiger partial charge < -0.3 is 10.2 Å². The van der Waals surface area contributed by atoms with E-state index in [2.05, 4.69) is 25.2 Å². The van der Waals surface area contributed by atoms with E-state index in [-0.39, 0.29) is 5.91 Å². The molecule has 1 fully saturated rings. The summed E-state index contributed by atoms with van der Waals surface area (Å²) in [5.41, 5.74) is 0. The molecule has 0 bridgehead atoms. The normalized spacial score (nSPS) is 19.4. The molecule has 19 heavy (non-hydrogen) atoms. The highest BCUT2D eigenvalue weighted by molar-refractivity contribution is 7.14. The highest BCUT2D eigenvalue weighted by Crippen LogP contribution is 2.19. The Kier molecular flexibility index (Phi) is 5.40. The summed E-state index contributed by atoms with van der Waals surface area (Å²) in [7, 11) is 0. The molecular formula is C15H24N2OS. The molecular weight excluding hydrogens is 256 g/mol. The predicted octanol–water partition coefficient (Wildman–Crippen LogP) is 2.91. The van der Waals surface area contributed by atoms with Crippen molar-refractivity contribution >= 4 is 17.2 Å². The van der Waals surface area contributed by atoms with Crippen molar-refractivity contribution in [3.05, 3.63) is 21.9 Å². The van der Waals surface area contributed by atoms with Crippen LogP contribution < -0.4 is 5.32 Å². The van der Waals surface area contributed by atoms with Crippen molar-refractivity contribution in [3.63, 3.8) is 0 Å². The van der Waals surface area contributed by atoms with Crippen LogP contribution >= 0.6 is 11.3 Å². The molecule has 3 nitrogen and oxygen atoms in total. The average molecular weight is 280 g/mol. The second-order valence-electron chi connectivity index (χ2n) is 5.11. The number of carbonyl (C=O) groups excluding carboxylic acids is 1. The average Bonchev–Trinajstić information content (AvgIpc) is 2.94. The van der Waals surface area contributed by atoms with Crippen molar-refractivity contribution in [1.82, 2.24) is 10.2 Å². The fourth-order valence-corrected chi connectivity index (χ4v) is 3.46. The smallest absolute Gasteiger partial charge is 0.263 e. The van der Waals surface area contributed by atoms with Crippen LogP contribution in [0.3, 0.4) is 0 Å². The van der Waals surface area contributed by atoms with Crippen LogP contribution in [0.2, 0.25) is 0 Å². The SMILES string of the molecule is CCc1ccc(C(=O)N(CC)CC2CCCCN2)s1. The summed E-state index contributed by atoms with van der Waals surface area (Å²) in [6, 6.07) is 4.52. The zero-order valence-electron chi connectivity index (χ0n) is 11.9. The van der Waals surface area contributed by atoms with Gasteiger partial charge in [-0.15, -0.1) is 11.3 Å². The molecule has 0 aliphatic carbocycles. The van der Waals surface area contributed by atoms with E-state index >= 15 is 0 Å². The first kappa shape index (κ1) is 14.5. The Labute approximate surface area is 120 Å². The Morgan fingerprint density at radius 2 is 2.26 bits per heavy atom. The molecule has 0 saturated carbocycles. The molecule has 0 radical (unpaired) electrons. The highest BCUT2D eigenvalue weighted by Gasteiger charge is 2.21. The molecule has 2 rings (SSSR count). The van der Waals surface area contributed by atoms with Gasteiger partial charge in [-0.3, -0.25) is 4.79 Å². The summed E-state index contributed by atoms with van der Waals surface area (Å²) < 4.78 is 0. The van der Waals surface area contributed by atoms with Crippen molar-refractivity contribution in [2.45, 2.75) is 45.6 Å². The lowest BCUT2D eigenvalue weighted by atomic mass is 10.0. The number of carbonyl (C=O) groups is 1. The van der Waals surface area contributed by atoms with Gasteiger partial charge in [-0.1, -0.05) is 13.3 Å². The van der Waals surface area contributed by atoms with Crippen LogP contribution in [0.1, 0.15) is 47.7 Å². The van der Waals surface area contributed by atoms with Gasteiger partial charge >= 0.3 is 0 Å². The molecule has 0 spiro atoms. The van der Waals surface area contributed by atoms with Gasteiger partial charge in [0, 0.05) is 24.0 Å². The van der Waals surface area contributed by atoms with Gasteiger partial charge in [-0.2, -0.15) is 0 Å². The quantitative estimate of drug-likeness (QED) is 0.899. The Morgan fingerprint density at radius 1 is 1.42 bits per heavy atom. The zero-order valence-corrected chi connectivity index (χ0v) is 12.8. The first-order valence-corrected chi connectivity index (χ1v) is 8.17. The Morgan fingerprint density at radius 3 is 2.84 bits per heavy atom. The third kappa shape index (κ3) is 3.80. The van der Waals surface area contributed by atoms with E-state index in [1.807, 2.05) is 11.0 Å². The number of piperidine rings is 1.